The van der Waals surface area contributed by atoms with Gasteiger partial charge in [-0.25, -0.2) is 13.8 Å². The van der Waals surface area contributed by atoms with Crippen molar-refractivity contribution in [2.75, 3.05) is 59.8 Å². The third-order valence-corrected chi connectivity index (χ3v) is 8.65. The molecule has 254 valence electrons. The molecule has 2 aromatic carbocycles. The van der Waals surface area contributed by atoms with Gasteiger partial charge in [-0.2, -0.15) is 5.10 Å². The predicted molar refractivity (Wildman–Crippen MR) is 178 cm³/mol. The summed E-state index contributed by atoms with van der Waals surface area (Å²) in [5.74, 6) is -3.08. The topological polar surface area (TPSA) is 111 Å². The fourth-order valence-electron chi connectivity index (χ4n) is 5.75. The number of nitrogens with zero attached hydrogens (tertiary/aromatic N) is 6. The molecule has 2 amide bonds. The lowest BCUT2D eigenvalue weighted by atomic mass is 9.88. The highest BCUT2D eigenvalue weighted by Gasteiger charge is 2.31. The molecule has 1 aliphatic rings. The molecule has 14 heteroatoms. The number of benzene rings is 2. The maximum absolute atomic E-state index is 15.4. The zero-order chi connectivity index (χ0) is 34.7. The number of carbonyl (C=O) groups excluding carboxylic acids is 3. The maximum Gasteiger partial charge on any atom is 0.291 e. The van der Waals surface area contributed by atoms with E-state index in [0.717, 1.165) is 0 Å². The van der Waals surface area contributed by atoms with Crippen LogP contribution in [0, 0.1) is 17.6 Å². The third kappa shape index (κ3) is 7.64. The van der Waals surface area contributed by atoms with Crippen LogP contribution in [-0.4, -0.2) is 101 Å². The number of anilines is 1. The summed E-state index contributed by atoms with van der Waals surface area (Å²) in [5.41, 5.74) is 1.27. The van der Waals surface area contributed by atoms with Crippen molar-refractivity contribution in [2.45, 2.75) is 19.4 Å². The Balaban J connectivity index is 1.24. The number of nitrogens with one attached hydrogen (secondary N) is 1. The van der Waals surface area contributed by atoms with E-state index in [2.05, 4.69) is 15.4 Å². The number of Topliss-reactive ketones (excluding diaryl/α,β-unsaturated/α-hetero) is 1. The summed E-state index contributed by atoms with van der Waals surface area (Å²) in [6.45, 7) is 2.30. The number of ketones is 1. The van der Waals surface area contributed by atoms with Gasteiger partial charge in [0.15, 0.2) is 29.8 Å². The van der Waals surface area contributed by atoms with Crippen LogP contribution >= 0.6 is 11.6 Å². The maximum atomic E-state index is 15.4. The zero-order valence-corrected chi connectivity index (χ0v) is 28.4. The quantitative estimate of drug-likeness (QED) is 0.178. The van der Waals surface area contributed by atoms with Gasteiger partial charge in [0, 0.05) is 67.3 Å². The van der Waals surface area contributed by atoms with E-state index in [1.807, 2.05) is 21.1 Å². The van der Waals surface area contributed by atoms with Crippen LogP contribution in [0.5, 0.6) is 0 Å². The number of piperidine rings is 1. The highest BCUT2D eigenvalue weighted by atomic mass is 35.5. The molecule has 4 aromatic rings. The summed E-state index contributed by atoms with van der Waals surface area (Å²) in [5, 5.41) is 7.06. The van der Waals surface area contributed by atoms with E-state index in [0.29, 0.717) is 66.9 Å². The van der Waals surface area contributed by atoms with E-state index in [4.69, 9.17) is 16.3 Å². The molecule has 2 aromatic heterocycles. The number of hydrogen-bond acceptors (Lipinski definition) is 6. The number of carbonyl (C=O) groups is 3. The summed E-state index contributed by atoms with van der Waals surface area (Å²) in [6, 6.07) is 7.52. The van der Waals surface area contributed by atoms with Crippen molar-refractivity contribution in [1.82, 2.24) is 24.2 Å². The van der Waals surface area contributed by atoms with Crippen LogP contribution in [-0.2, 0) is 23.1 Å². The average Bonchev–Trinajstić information content (AvgIpc) is 3.67. The van der Waals surface area contributed by atoms with E-state index >= 15 is 8.78 Å². The van der Waals surface area contributed by atoms with Crippen molar-refractivity contribution < 1.29 is 32.4 Å². The first kappa shape index (κ1) is 34.9. The molecular formula is C34H39ClF2N7O4+. The van der Waals surface area contributed by atoms with Crippen LogP contribution in [0.25, 0.3) is 22.4 Å². The fourth-order valence-corrected chi connectivity index (χ4v) is 6.02. The van der Waals surface area contributed by atoms with Gasteiger partial charge in [0.1, 0.15) is 0 Å². The molecule has 0 saturated carbocycles. The summed E-state index contributed by atoms with van der Waals surface area (Å²) in [6.07, 6.45) is 5.45. The number of methoxy groups -OCH3 is 1. The molecule has 0 aliphatic carbocycles. The molecule has 48 heavy (non-hydrogen) atoms. The largest absolute Gasteiger partial charge is 0.383 e. The van der Waals surface area contributed by atoms with Gasteiger partial charge in [-0.3, -0.25) is 19.1 Å². The van der Waals surface area contributed by atoms with Gasteiger partial charge in [-0.1, -0.05) is 17.7 Å². The van der Waals surface area contributed by atoms with Crippen molar-refractivity contribution in [3.8, 4) is 22.4 Å². The minimum atomic E-state index is -1.08. The molecule has 5 rings (SSSR count). The Hall–Kier alpha value is -4.46. The van der Waals surface area contributed by atoms with Crippen molar-refractivity contribution in [1.29, 1.82) is 0 Å². The van der Waals surface area contributed by atoms with Crippen LogP contribution in [0.15, 0.2) is 48.9 Å². The van der Waals surface area contributed by atoms with Crippen LogP contribution in [0.1, 0.15) is 33.8 Å². The van der Waals surface area contributed by atoms with E-state index in [-0.39, 0.29) is 45.3 Å². The van der Waals surface area contributed by atoms with Gasteiger partial charge in [-0.15, -0.1) is 0 Å². The highest BCUT2D eigenvalue weighted by Crippen LogP contribution is 2.32. The molecular weight excluding hydrogens is 644 g/mol. The summed E-state index contributed by atoms with van der Waals surface area (Å²) < 4.78 is 39.1. The Labute approximate surface area is 282 Å². The average molecular weight is 683 g/mol. The van der Waals surface area contributed by atoms with Crippen LogP contribution in [0.3, 0.4) is 0 Å². The first-order valence-electron chi connectivity index (χ1n) is 15.5. The molecule has 0 radical (unpaired) electrons. The number of halogens is 3. The number of ether oxygens (including phenoxy) is 1. The van der Waals surface area contributed by atoms with Crippen LogP contribution in [0.4, 0.5) is 14.5 Å². The lowest BCUT2D eigenvalue weighted by Crippen LogP contribution is -2.48. The number of likely N-dealkylation sites (N-methyl/N-ethyl adjacent to an activating group) is 1. The molecule has 0 bridgehead atoms. The second kappa shape index (κ2) is 14.3. The Morgan fingerprint density at radius 2 is 1.73 bits per heavy atom. The van der Waals surface area contributed by atoms with E-state index < -0.39 is 17.5 Å². The zero-order valence-electron chi connectivity index (χ0n) is 27.6. The number of likely N-dealkylation sites (tertiary alicyclic amines) is 1. The SMILES string of the molecule is COCCn1cc(-c2ccc(-c3cnc(C(=O)Nc4ccc(C(=O)C5CCN(C(=O)C[N+](C)(C)C)CC5)c(Cl)c4)n3C)c(F)c2F)cn1. The Kier molecular flexibility index (Phi) is 10.4. The second-order valence-corrected chi connectivity index (χ2v) is 13.3. The normalized spacial score (nSPS) is 14.0. The predicted octanol–water partition coefficient (Wildman–Crippen LogP) is 4.91. The number of quaternary nitrogens is 1. The standard InChI is InChI=1S/C34H38ClF2N7O4/c1-41-28(26-9-8-24(30(36)31(26)37)22-17-39-43(19-22)14-15-48-5)18-38-33(41)34(47)40-23-6-7-25(27(35)16-23)32(46)21-10-12-42(13-11-21)29(45)20-44(2,3)4/h6-9,16-19,21H,10-15,20H2,1-5H3/p+1. The highest BCUT2D eigenvalue weighted by molar-refractivity contribution is 6.34. The molecule has 0 spiro atoms. The number of rotatable bonds is 11. The van der Waals surface area contributed by atoms with Crippen LogP contribution < -0.4 is 5.32 Å². The monoisotopic (exact) mass is 682 g/mol. The van der Waals surface area contributed by atoms with Crippen molar-refractivity contribution >= 4 is 34.9 Å². The van der Waals surface area contributed by atoms with Gasteiger partial charge >= 0.3 is 0 Å². The molecule has 1 N–H and O–H groups in total. The smallest absolute Gasteiger partial charge is 0.291 e. The van der Waals surface area contributed by atoms with Gasteiger partial charge < -0.3 is 24.0 Å². The Morgan fingerprint density at radius 3 is 2.40 bits per heavy atom. The molecule has 1 saturated heterocycles. The van der Waals surface area contributed by atoms with Gasteiger partial charge in [-0.05, 0) is 37.1 Å². The van der Waals surface area contributed by atoms with Gasteiger partial charge in [0.05, 0.1) is 57.4 Å². The molecule has 3 heterocycles. The fraction of sp³-hybridized carbons (Fsp3) is 0.382. The van der Waals surface area contributed by atoms with Crippen molar-refractivity contribution in [2.24, 2.45) is 13.0 Å². The van der Waals surface area contributed by atoms with Crippen molar-refractivity contribution in [3.63, 3.8) is 0 Å². The van der Waals surface area contributed by atoms with Gasteiger partial charge in [0.25, 0.3) is 11.8 Å². The first-order valence-corrected chi connectivity index (χ1v) is 15.9. The Morgan fingerprint density at radius 1 is 1.04 bits per heavy atom. The first-order chi connectivity index (χ1) is 22.8. The minimum absolute atomic E-state index is 0.0452. The Bertz CT molecular complexity index is 1840. The van der Waals surface area contributed by atoms with E-state index in [1.165, 1.54) is 42.2 Å². The minimum Gasteiger partial charge on any atom is -0.383 e. The van der Waals surface area contributed by atoms with E-state index in [9.17, 15) is 14.4 Å². The number of amides is 2. The summed E-state index contributed by atoms with van der Waals surface area (Å²) in [4.78, 5) is 45.0. The lowest BCUT2D eigenvalue weighted by molar-refractivity contribution is -0.862. The summed E-state index contributed by atoms with van der Waals surface area (Å²) >= 11 is 6.51. The third-order valence-electron chi connectivity index (χ3n) is 8.34. The molecule has 1 aliphatic heterocycles. The number of aromatic nitrogens is 4. The van der Waals surface area contributed by atoms with E-state index in [1.54, 1.807) is 35.0 Å². The molecule has 0 unspecified atom stereocenters. The van der Waals surface area contributed by atoms with Crippen molar-refractivity contribution in [3.05, 3.63) is 77.0 Å². The van der Waals surface area contributed by atoms with Gasteiger partial charge in [0.2, 0.25) is 0 Å². The molecule has 1 fully saturated rings. The van der Waals surface area contributed by atoms with Crippen LogP contribution in [0.2, 0.25) is 5.02 Å². The second-order valence-electron chi connectivity index (χ2n) is 12.9. The molecule has 11 nitrogen and oxygen atoms in total. The number of imidazole rings is 1. The lowest BCUT2D eigenvalue weighted by Gasteiger charge is -2.33. The summed E-state index contributed by atoms with van der Waals surface area (Å²) in [7, 11) is 8.97. The number of hydrogen-bond donors (Lipinski definition) is 1. The molecule has 0 atom stereocenters.